The van der Waals surface area contributed by atoms with E-state index in [-0.39, 0.29) is 11.7 Å². The molecule has 0 saturated heterocycles. The Bertz CT molecular complexity index is 524. The zero-order valence-electron chi connectivity index (χ0n) is 16.2. The van der Waals surface area contributed by atoms with Crippen LogP contribution in [-0.2, 0) is 4.74 Å². The van der Waals surface area contributed by atoms with Crippen molar-refractivity contribution >= 4 is 5.78 Å². The van der Waals surface area contributed by atoms with Crippen LogP contribution in [0.25, 0.3) is 0 Å². The lowest BCUT2D eigenvalue weighted by Crippen LogP contribution is -2.19. The van der Waals surface area contributed by atoms with E-state index >= 15 is 0 Å². The molecule has 1 fully saturated rings. The summed E-state index contributed by atoms with van der Waals surface area (Å²) in [4.78, 5) is 11.2. The summed E-state index contributed by atoms with van der Waals surface area (Å²) in [6.45, 7) is 13.1. The molecule has 1 aromatic rings. The third-order valence-corrected chi connectivity index (χ3v) is 4.65. The van der Waals surface area contributed by atoms with E-state index in [1.807, 2.05) is 39.8 Å². The molecule has 0 aromatic heterocycles. The summed E-state index contributed by atoms with van der Waals surface area (Å²) in [5.41, 5.74) is 3.39. The van der Waals surface area contributed by atoms with E-state index in [9.17, 15) is 9.18 Å². The van der Waals surface area contributed by atoms with Crippen LogP contribution in [0.15, 0.2) is 12.1 Å². The van der Waals surface area contributed by atoms with Gasteiger partial charge in [0.25, 0.3) is 0 Å². The number of benzene rings is 1. The van der Waals surface area contributed by atoms with Crippen LogP contribution in [0, 0.1) is 26.7 Å². The van der Waals surface area contributed by atoms with Gasteiger partial charge in [0.2, 0.25) is 0 Å². The Morgan fingerprint density at radius 2 is 1.79 bits per heavy atom. The molecule has 24 heavy (non-hydrogen) atoms. The average Bonchev–Trinajstić information content (AvgIpc) is 3.22. The highest BCUT2D eigenvalue weighted by Crippen LogP contribution is 2.46. The summed E-state index contributed by atoms with van der Waals surface area (Å²) in [7, 11) is 0. The third kappa shape index (κ3) is 6.35. The van der Waals surface area contributed by atoms with Crippen molar-refractivity contribution in [1.82, 2.24) is 0 Å². The summed E-state index contributed by atoms with van der Waals surface area (Å²) >= 11 is 0. The monoisotopic (exact) mass is 336 g/mol. The largest absolute Gasteiger partial charge is 0.381 e. The maximum absolute atomic E-state index is 13.3. The lowest BCUT2D eigenvalue weighted by Gasteiger charge is -2.15. The SMILES string of the molecule is CC(=O)c1c(C)cc(C)cc1C.CCCCOCC(C)C1(F)CC1. The van der Waals surface area contributed by atoms with Gasteiger partial charge in [-0.2, -0.15) is 0 Å². The topological polar surface area (TPSA) is 26.3 Å². The molecule has 1 saturated carbocycles. The number of carbonyl (C=O) groups is 1. The maximum atomic E-state index is 13.3. The van der Waals surface area contributed by atoms with Gasteiger partial charge in [-0.3, -0.25) is 4.79 Å². The van der Waals surface area contributed by atoms with Crippen molar-refractivity contribution in [2.75, 3.05) is 13.2 Å². The van der Waals surface area contributed by atoms with E-state index in [1.165, 1.54) is 5.56 Å². The van der Waals surface area contributed by atoms with Gasteiger partial charge in [0.05, 0.1) is 6.61 Å². The molecule has 1 atom stereocenters. The highest BCUT2D eigenvalue weighted by atomic mass is 19.1. The molecule has 2 nitrogen and oxygen atoms in total. The maximum Gasteiger partial charge on any atom is 0.160 e. The van der Waals surface area contributed by atoms with Crippen molar-refractivity contribution in [2.24, 2.45) is 5.92 Å². The standard InChI is InChI=1S/C11H14O.C10H19FO/c1-7-5-8(2)11(10(4)12)9(3)6-7;1-3-4-7-12-8-9(2)10(11)5-6-10/h5-6H,1-4H3;9H,3-8H2,1-2H3. The van der Waals surface area contributed by atoms with Gasteiger partial charge in [-0.1, -0.05) is 38.0 Å². The molecule has 1 aliphatic carbocycles. The van der Waals surface area contributed by atoms with Crippen molar-refractivity contribution in [1.29, 1.82) is 0 Å². The first-order valence-corrected chi connectivity index (χ1v) is 9.06. The van der Waals surface area contributed by atoms with Gasteiger partial charge in [0, 0.05) is 18.1 Å². The second-order valence-corrected chi connectivity index (χ2v) is 7.19. The van der Waals surface area contributed by atoms with Crippen molar-refractivity contribution in [3.05, 3.63) is 34.4 Å². The molecule has 0 spiro atoms. The van der Waals surface area contributed by atoms with Crippen LogP contribution in [-0.4, -0.2) is 24.7 Å². The second kappa shape index (κ2) is 9.31. The Balaban J connectivity index is 0.000000240. The molecule has 1 aromatic carbocycles. The predicted molar refractivity (Wildman–Crippen MR) is 98.6 cm³/mol. The minimum Gasteiger partial charge on any atom is -0.381 e. The smallest absolute Gasteiger partial charge is 0.160 e. The third-order valence-electron chi connectivity index (χ3n) is 4.65. The molecular formula is C21H33FO2. The van der Waals surface area contributed by atoms with Crippen LogP contribution in [0.4, 0.5) is 4.39 Å². The van der Waals surface area contributed by atoms with E-state index in [1.54, 1.807) is 6.92 Å². The normalized spacial score (nSPS) is 16.1. The molecule has 2 rings (SSSR count). The lowest BCUT2D eigenvalue weighted by atomic mass is 9.97. The van der Waals surface area contributed by atoms with Gasteiger partial charge in [-0.05, 0) is 58.1 Å². The summed E-state index contributed by atoms with van der Waals surface area (Å²) in [6.07, 6.45) is 3.72. The van der Waals surface area contributed by atoms with Gasteiger partial charge < -0.3 is 4.74 Å². The van der Waals surface area contributed by atoms with Crippen LogP contribution in [0.5, 0.6) is 0 Å². The van der Waals surface area contributed by atoms with Crippen LogP contribution < -0.4 is 0 Å². The second-order valence-electron chi connectivity index (χ2n) is 7.19. The van der Waals surface area contributed by atoms with Gasteiger partial charge >= 0.3 is 0 Å². The van der Waals surface area contributed by atoms with E-state index in [4.69, 9.17) is 4.74 Å². The number of hydrogen-bond donors (Lipinski definition) is 0. The number of Topliss-reactive ketones (excluding diaryl/α,β-unsaturated/α-hetero) is 1. The van der Waals surface area contributed by atoms with Crippen molar-refractivity contribution in [3.8, 4) is 0 Å². The highest BCUT2D eigenvalue weighted by molar-refractivity contribution is 5.97. The number of ketones is 1. The molecule has 1 aliphatic rings. The van der Waals surface area contributed by atoms with Gasteiger partial charge in [0.15, 0.2) is 5.78 Å². The van der Waals surface area contributed by atoms with Crippen LogP contribution in [0.3, 0.4) is 0 Å². The summed E-state index contributed by atoms with van der Waals surface area (Å²) < 4.78 is 18.7. The van der Waals surface area contributed by atoms with E-state index in [0.29, 0.717) is 6.61 Å². The molecule has 136 valence electrons. The lowest BCUT2D eigenvalue weighted by molar-refractivity contribution is 0.0616. The summed E-state index contributed by atoms with van der Waals surface area (Å²) in [6, 6.07) is 4.09. The van der Waals surface area contributed by atoms with E-state index in [2.05, 4.69) is 6.92 Å². The molecule has 3 heteroatoms. The zero-order valence-corrected chi connectivity index (χ0v) is 16.2. The van der Waals surface area contributed by atoms with Gasteiger partial charge in [-0.25, -0.2) is 4.39 Å². The number of alkyl halides is 1. The Labute approximate surface area is 146 Å². The number of ether oxygens (including phenoxy) is 1. The summed E-state index contributed by atoms with van der Waals surface area (Å²) in [5.74, 6) is 0.249. The van der Waals surface area contributed by atoms with Crippen molar-refractivity contribution in [3.63, 3.8) is 0 Å². The van der Waals surface area contributed by atoms with Crippen molar-refractivity contribution < 1.29 is 13.9 Å². The Kier molecular flexibility index (Phi) is 8.08. The first kappa shape index (κ1) is 20.8. The minimum atomic E-state index is -0.869. The number of halogens is 1. The first-order valence-electron chi connectivity index (χ1n) is 9.06. The van der Waals surface area contributed by atoms with Gasteiger partial charge in [-0.15, -0.1) is 0 Å². The predicted octanol–water partition coefficient (Wildman–Crippen LogP) is 5.76. The number of rotatable bonds is 7. The van der Waals surface area contributed by atoms with Gasteiger partial charge in [0.1, 0.15) is 5.67 Å². The molecular weight excluding hydrogens is 303 g/mol. The molecule has 0 amide bonds. The van der Waals surface area contributed by atoms with Crippen LogP contribution in [0.2, 0.25) is 0 Å². The number of carbonyl (C=O) groups excluding carboxylic acids is 1. The number of hydrogen-bond acceptors (Lipinski definition) is 2. The van der Waals surface area contributed by atoms with Crippen molar-refractivity contribution in [2.45, 2.75) is 72.9 Å². The zero-order chi connectivity index (χ0) is 18.3. The fourth-order valence-electron chi connectivity index (χ4n) is 3.00. The number of aryl methyl sites for hydroxylation is 3. The van der Waals surface area contributed by atoms with Crippen LogP contribution in [0.1, 0.15) is 73.5 Å². The Morgan fingerprint density at radius 1 is 1.25 bits per heavy atom. The molecule has 0 heterocycles. The molecule has 0 bridgehead atoms. The average molecular weight is 336 g/mol. The quantitative estimate of drug-likeness (QED) is 0.468. The Hall–Kier alpha value is -1.22. The fraction of sp³-hybridized carbons (Fsp3) is 0.667. The first-order chi connectivity index (χ1) is 11.2. The highest BCUT2D eigenvalue weighted by Gasteiger charge is 2.47. The Morgan fingerprint density at radius 3 is 2.21 bits per heavy atom. The molecule has 0 radical (unpaired) electrons. The molecule has 0 N–H and O–H groups in total. The minimum absolute atomic E-state index is 0.0920. The fourth-order valence-corrected chi connectivity index (χ4v) is 3.00. The molecule has 1 unspecified atom stereocenters. The number of unbranched alkanes of at least 4 members (excludes halogenated alkanes) is 1. The van der Waals surface area contributed by atoms with E-state index < -0.39 is 5.67 Å². The van der Waals surface area contributed by atoms with E-state index in [0.717, 1.165) is 49.0 Å². The summed E-state index contributed by atoms with van der Waals surface area (Å²) in [5, 5.41) is 0. The van der Waals surface area contributed by atoms with Crippen LogP contribution >= 0.6 is 0 Å². The molecule has 0 aliphatic heterocycles.